The summed E-state index contributed by atoms with van der Waals surface area (Å²) in [6.45, 7) is 0. The van der Waals surface area contributed by atoms with Crippen LogP contribution in [0.1, 0.15) is 0 Å². The van der Waals surface area contributed by atoms with Crippen LogP contribution in [0.3, 0.4) is 0 Å². The molecule has 0 aromatic heterocycles. The Morgan fingerprint density at radius 2 is 1.27 bits per heavy atom. The van der Waals surface area contributed by atoms with E-state index in [9.17, 15) is 13.0 Å². The molecule has 0 unspecified atom stereocenters. The van der Waals surface area contributed by atoms with E-state index in [1.54, 1.807) is 12.1 Å². The van der Waals surface area contributed by atoms with Gasteiger partial charge in [0.25, 0.3) is 10.1 Å². The van der Waals surface area contributed by atoms with Gasteiger partial charge in [-0.15, -0.1) is 0 Å². The summed E-state index contributed by atoms with van der Waals surface area (Å²) in [5, 5.41) is 5.05. The first-order valence-corrected chi connectivity index (χ1v) is 7.84. The van der Waals surface area contributed by atoms with Crippen molar-refractivity contribution in [1.82, 2.24) is 0 Å². The van der Waals surface area contributed by atoms with Crippen LogP contribution in [0, 0.1) is 0 Å². The van der Waals surface area contributed by atoms with Gasteiger partial charge in [0.15, 0.2) is 0 Å². The van der Waals surface area contributed by atoms with Gasteiger partial charge in [-0.05, 0) is 33.7 Å². The van der Waals surface area contributed by atoms with Crippen molar-refractivity contribution < 1.29 is 13.0 Å². The van der Waals surface area contributed by atoms with E-state index in [-0.39, 0.29) is 34.5 Å². The van der Waals surface area contributed by atoms with Crippen molar-refractivity contribution in [1.29, 1.82) is 0 Å². The molecule has 0 atom stereocenters. The Morgan fingerprint density at radius 3 is 1.91 bits per heavy atom. The number of hydrogen-bond acceptors (Lipinski definition) is 3. The van der Waals surface area contributed by atoms with Crippen LogP contribution in [-0.4, -0.2) is 42.5 Å². The summed E-state index contributed by atoms with van der Waals surface area (Å²) in [4.78, 5) is -0.0770. The first-order chi connectivity index (χ1) is 9.97. The summed E-state index contributed by atoms with van der Waals surface area (Å²) < 4.78 is 32.6. The van der Waals surface area contributed by atoms with Gasteiger partial charge in [-0.25, -0.2) is 0 Å². The van der Waals surface area contributed by atoms with Crippen LogP contribution < -0.4 is 5.73 Å². The van der Waals surface area contributed by atoms with Crippen LogP contribution in [-0.2, 0) is 10.1 Å². The van der Waals surface area contributed by atoms with Gasteiger partial charge in [-0.3, -0.25) is 4.55 Å². The molecule has 0 aliphatic rings. The molecule has 0 amide bonds. The van der Waals surface area contributed by atoms with Crippen LogP contribution in [0.25, 0.3) is 32.3 Å². The van der Waals surface area contributed by atoms with Crippen LogP contribution in [0.4, 0.5) is 5.69 Å². The van der Waals surface area contributed by atoms with Crippen molar-refractivity contribution in [2.75, 3.05) is 5.73 Å². The Kier molecular flexibility index (Phi) is 3.58. The van der Waals surface area contributed by atoms with Gasteiger partial charge >= 0.3 is 29.6 Å². The number of anilines is 1. The molecule has 106 valence electrons. The summed E-state index contributed by atoms with van der Waals surface area (Å²) in [6, 6.07) is 14.3. The summed E-state index contributed by atoms with van der Waals surface area (Å²) >= 11 is 0. The van der Waals surface area contributed by atoms with Gasteiger partial charge in [0.1, 0.15) is 4.90 Å². The SMILES string of the molecule is Nc1ccc2ccc3c(S(=O)(=O)O)ccc4ccc1c2c43.[NaH]. The van der Waals surface area contributed by atoms with Crippen LogP contribution >= 0.6 is 0 Å². The predicted molar refractivity (Wildman–Crippen MR) is 91.5 cm³/mol. The van der Waals surface area contributed by atoms with E-state index in [0.29, 0.717) is 11.1 Å². The number of nitrogen functional groups attached to an aromatic ring is 1. The van der Waals surface area contributed by atoms with Crippen molar-refractivity contribution >= 4 is 77.7 Å². The molecule has 0 aliphatic heterocycles. The standard InChI is InChI=1S/C16H11NO3S.Na.H/c17-13-7-3-9-2-6-12-14(21(18,19)20)8-4-10-1-5-11(13)15(9)16(10)12;;/h1-8H,17H2,(H,18,19,20);;. The summed E-state index contributed by atoms with van der Waals surface area (Å²) in [6.07, 6.45) is 0. The van der Waals surface area contributed by atoms with Gasteiger partial charge in [0, 0.05) is 16.5 Å². The predicted octanol–water partition coefficient (Wildman–Crippen LogP) is 2.76. The van der Waals surface area contributed by atoms with Gasteiger partial charge in [-0.1, -0.05) is 36.4 Å². The molecule has 4 rings (SSSR count). The molecule has 3 N–H and O–H groups in total. The summed E-state index contributed by atoms with van der Waals surface area (Å²) in [5.74, 6) is 0. The Bertz CT molecular complexity index is 1120. The third kappa shape index (κ3) is 2.09. The summed E-state index contributed by atoms with van der Waals surface area (Å²) in [7, 11) is -4.27. The van der Waals surface area contributed by atoms with E-state index in [1.165, 1.54) is 6.07 Å². The van der Waals surface area contributed by atoms with Crippen molar-refractivity contribution in [2.24, 2.45) is 0 Å². The molecule has 0 saturated heterocycles. The maximum absolute atomic E-state index is 11.6. The minimum atomic E-state index is -4.27. The van der Waals surface area contributed by atoms with Crippen molar-refractivity contribution in [3.63, 3.8) is 0 Å². The van der Waals surface area contributed by atoms with E-state index in [4.69, 9.17) is 5.73 Å². The molecule has 0 saturated carbocycles. The van der Waals surface area contributed by atoms with Gasteiger partial charge in [0.2, 0.25) is 0 Å². The molecular weight excluding hydrogens is 309 g/mol. The minimum absolute atomic E-state index is 0. The number of nitrogens with two attached hydrogens (primary N) is 1. The molecule has 0 radical (unpaired) electrons. The first-order valence-electron chi connectivity index (χ1n) is 6.40. The normalized spacial score (nSPS) is 12.0. The Balaban J connectivity index is 0.00000144. The molecule has 0 spiro atoms. The number of rotatable bonds is 1. The Morgan fingerprint density at radius 1 is 0.773 bits per heavy atom. The molecule has 4 nitrogen and oxygen atoms in total. The molecule has 0 aliphatic carbocycles. The average molecular weight is 321 g/mol. The van der Waals surface area contributed by atoms with Gasteiger partial charge < -0.3 is 5.73 Å². The Labute approximate surface area is 149 Å². The van der Waals surface area contributed by atoms with E-state index in [2.05, 4.69) is 0 Å². The van der Waals surface area contributed by atoms with Crippen LogP contribution in [0.15, 0.2) is 53.4 Å². The summed E-state index contributed by atoms with van der Waals surface area (Å²) in [5.41, 5.74) is 6.67. The number of benzene rings is 4. The zero-order valence-electron chi connectivity index (χ0n) is 10.9. The van der Waals surface area contributed by atoms with Gasteiger partial charge in [-0.2, -0.15) is 8.42 Å². The second kappa shape index (κ2) is 5.08. The van der Waals surface area contributed by atoms with E-state index < -0.39 is 10.1 Å². The molecule has 6 heteroatoms. The first kappa shape index (κ1) is 15.5. The second-order valence-electron chi connectivity index (χ2n) is 5.12. The van der Waals surface area contributed by atoms with Crippen LogP contribution in [0.2, 0.25) is 0 Å². The van der Waals surface area contributed by atoms with E-state index in [0.717, 1.165) is 26.9 Å². The molecule has 22 heavy (non-hydrogen) atoms. The quantitative estimate of drug-likeness (QED) is 0.244. The topological polar surface area (TPSA) is 80.4 Å². The second-order valence-corrected chi connectivity index (χ2v) is 6.51. The maximum atomic E-state index is 11.6. The monoisotopic (exact) mass is 321 g/mol. The third-order valence-electron chi connectivity index (χ3n) is 3.94. The number of hydrogen-bond donors (Lipinski definition) is 2. The van der Waals surface area contributed by atoms with Crippen molar-refractivity contribution in [3.8, 4) is 0 Å². The fourth-order valence-corrected chi connectivity index (χ4v) is 3.71. The zero-order valence-corrected chi connectivity index (χ0v) is 11.7. The van der Waals surface area contributed by atoms with Crippen molar-refractivity contribution in [3.05, 3.63) is 48.5 Å². The molecular formula is C16H12NNaO3S. The molecule has 0 bridgehead atoms. The fourth-order valence-electron chi connectivity index (χ4n) is 3.02. The van der Waals surface area contributed by atoms with Crippen LogP contribution in [0.5, 0.6) is 0 Å². The molecule has 0 heterocycles. The average Bonchev–Trinajstić information content (AvgIpc) is 2.45. The molecule has 4 aromatic rings. The Hall–Kier alpha value is -1.37. The molecule has 0 fully saturated rings. The van der Waals surface area contributed by atoms with Crippen molar-refractivity contribution in [2.45, 2.75) is 4.90 Å². The zero-order chi connectivity index (χ0) is 14.8. The third-order valence-corrected chi connectivity index (χ3v) is 4.85. The van der Waals surface area contributed by atoms with E-state index in [1.807, 2.05) is 30.3 Å². The van der Waals surface area contributed by atoms with E-state index >= 15 is 0 Å². The van der Waals surface area contributed by atoms with Gasteiger partial charge in [0.05, 0.1) is 0 Å². The fraction of sp³-hybridized carbons (Fsp3) is 0. The molecule has 4 aromatic carbocycles.